The molecule has 2 aromatic carbocycles. The highest BCUT2D eigenvalue weighted by Crippen LogP contribution is 2.34. The number of carbonyl (C=O) groups is 1. The molecule has 28 heavy (non-hydrogen) atoms. The predicted octanol–water partition coefficient (Wildman–Crippen LogP) is 1.48. The van der Waals surface area contributed by atoms with Crippen LogP contribution in [0.2, 0.25) is 0 Å². The standard InChI is InChI=1S/C19H19N5O3S/c20-11-13-1-4-16(5-2-13)28(26,27)23-14-3-6-18-17(9-14)22-19(25)10-15-12-21-7-8-24(15)18/h1-6,9,15,21,23H,7-8,10,12H2,(H,22,25). The zero-order valence-corrected chi connectivity index (χ0v) is 15.8. The third kappa shape index (κ3) is 3.52. The zero-order valence-electron chi connectivity index (χ0n) is 15.0. The lowest BCUT2D eigenvalue weighted by atomic mass is 10.1. The number of nitrogens with one attached hydrogen (secondary N) is 3. The van der Waals surface area contributed by atoms with Gasteiger partial charge in [0.2, 0.25) is 5.91 Å². The molecule has 8 nitrogen and oxygen atoms in total. The second kappa shape index (κ2) is 7.14. The van der Waals surface area contributed by atoms with Crippen molar-refractivity contribution in [2.45, 2.75) is 17.4 Å². The molecule has 2 aromatic rings. The zero-order chi connectivity index (χ0) is 19.7. The van der Waals surface area contributed by atoms with Crippen LogP contribution in [0.5, 0.6) is 0 Å². The van der Waals surface area contributed by atoms with Crippen molar-refractivity contribution in [3.8, 4) is 6.07 Å². The molecule has 4 rings (SSSR count). The van der Waals surface area contributed by atoms with E-state index in [1.165, 1.54) is 24.3 Å². The summed E-state index contributed by atoms with van der Waals surface area (Å²) in [5.74, 6) is -0.0930. The molecular weight excluding hydrogens is 378 g/mol. The Labute approximate surface area is 163 Å². The fraction of sp³-hybridized carbons (Fsp3) is 0.263. The van der Waals surface area contributed by atoms with Gasteiger partial charge >= 0.3 is 0 Å². The quantitative estimate of drug-likeness (QED) is 0.723. The highest BCUT2D eigenvalue weighted by molar-refractivity contribution is 7.92. The molecule has 9 heteroatoms. The van der Waals surface area contributed by atoms with Crippen LogP contribution in [0, 0.1) is 11.3 Å². The van der Waals surface area contributed by atoms with E-state index < -0.39 is 10.0 Å². The minimum absolute atomic E-state index is 0.0626. The number of amides is 1. The maximum atomic E-state index is 12.6. The van der Waals surface area contributed by atoms with E-state index in [0.717, 1.165) is 25.3 Å². The van der Waals surface area contributed by atoms with E-state index in [2.05, 4.69) is 20.3 Å². The molecule has 0 saturated carbocycles. The van der Waals surface area contributed by atoms with Crippen LogP contribution < -0.4 is 20.3 Å². The second-order valence-corrected chi connectivity index (χ2v) is 8.46. The number of piperazine rings is 1. The first-order valence-electron chi connectivity index (χ1n) is 8.90. The van der Waals surface area contributed by atoms with Gasteiger partial charge in [0, 0.05) is 26.1 Å². The van der Waals surface area contributed by atoms with Gasteiger partial charge in [0.05, 0.1) is 39.6 Å². The van der Waals surface area contributed by atoms with Crippen molar-refractivity contribution in [2.24, 2.45) is 0 Å². The maximum absolute atomic E-state index is 12.6. The van der Waals surface area contributed by atoms with Gasteiger partial charge in [0.25, 0.3) is 10.0 Å². The van der Waals surface area contributed by atoms with Crippen molar-refractivity contribution in [1.82, 2.24) is 5.32 Å². The largest absolute Gasteiger partial charge is 0.364 e. The van der Waals surface area contributed by atoms with Crippen LogP contribution in [0.1, 0.15) is 12.0 Å². The number of hydrogen-bond donors (Lipinski definition) is 3. The normalized spacial score (nSPS) is 18.9. The summed E-state index contributed by atoms with van der Waals surface area (Å²) >= 11 is 0. The summed E-state index contributed by atoms with van der Waals surface area (Å²) in [6.45, 7) is 2.35. The molecule has 1 fully saturated rings. The van der Waals surface area contributed by atoms with Gasteiger partial charge in [-0.15, -0.1) is 0 Å². The van der Waals surface area contributed by atoms with Crippen LogP contribution in [0.15, 0.2) is 47.4 Å². The Hall–Kier alpha value is -3.09. The summed E-state index contributed by atoms with van der Waals surface area (Å²) in [5.41, 5.74) is 2.22. The first-order valence-corrected chi connectivity index (χ1v) is 10.4. The van der Waals surface area contributed by atoms with Crippen molar-refractivity contribution >= 4 is 33.0 Å². The molecule has 0 bridgehead atoms. The van der Waals surface area contributed by atoms with Gasteiger partial charge in [-0.3, -0.25) is 9.52 Å². The van der Waals surface area contributed by atoms with Crippen molar-refractivity contribution in [1.29, 1.82) is 5.26 Å². The minimum Gasteiger partial charge on any atom is -0.364 e. The topological polar surface area (TPSA) is 114 Å². The Balaban J connectivity index is 1.63. The molecule has 0 radical (unpaired) electrons. The maximum Gasteiger partial charge on any atom is 0.261 e. The van der Waals surface area contributed by atoms with E-state index in [1.54, 1.807) is 12.1 Å². The number of hydrogen-bond acceptors (Lipinski definition) is 6. The van der Waals surface area contributed by atoms with E-state index in [4.69, 9.17) is 5.26 Å². The fourth-order valence-corrected chi connectivity index (χ4v) is 4.60. The summed E-state index contributed by atoms with van der Waals surface area (Å²) in [6.07, 6.45) is 0.383. The first kappa shape index (κ1) is 18.3. The van der Waals surface area contributed by atoms with Crippen molar-refractivity contribution < 1.29 is 13.2 Å². The molecule has 144 valence electrons. The molecule has 2 aliphatic rings. The number of anilines is 3. The molecule has 1 unspecified atom stereocenters. The lowest BCUT2D eigenvalue weighted by molar-refractivity contribution is -0.116. The van der Waals surface area contributed by atoms with Crippen LogP contribution >= 0.6 is 0 Å². The van der Waals surface area contributed by atoms with Gasteiger partial charge in [-0.2, -0.15) is 5.26 Å². The number of nitriles is 1. The molecule has 2 aliphatic heterocycles. The molecule has 1 saturated heterocycles. The van der Waals surface area contributed by atoms with E-state index >= 15 is 0 Å². The smallest absolute Gasteiger partial charge is 0.261 e. The Bertz CT molecular complexity index is 1060. The lowest BCUT2D eigenvalue weighted by Crippen LogP contribution is -2.51. The first-order chi connectivity index (χ1) is 13.5. The Morgan fingerprint density at radius 2 is 1.96 bits per heavy atom. The average molecular weight is 397 g/mol. The third-order valence-corrected chi connectivity index (χ3v) is 6.29. The van der Waals surface area contributed by atoms with Crippen molar-refractivity contribution in [3.63, 3.8) is 0 Å². The summed E-state index contributed by atoms with van der Waals surface area (Å²) in [6, 6.07) is 12.9. The highest BCUT2D eigenvalue weighted by Gasteiger charge is 2.30. The molecule has 2 heterocycles. The summed E-state index contributed by atoms with van der Waals surface area (Å²) in [7, 11) is -3.81. The summed E-state index contributed by atoms with van der Waals surface area (Å²) < 4.78 is 27.8. The second-order valence-electron chi connectivity index (χ2n) is 6.78. The summed E-state index contributed by atoms with van der Waals surface area (Å²) in [4.78, 5) is 14.5. The third-order valence-electron chi connectivity index (χ3n) is 4.90. The Morgan fingerprint density at radius 1 is 1.18 bits per heavy atom. The molecule has 0 aromatic heterocycles. The van der Waals surface area contributed by atoms with E-state index in [9.17, 15) is 13.2 Å². The van der Waals surface area contributed by atoms with Gasteiger partial charge in [-0.25, -0.2) is 8.42 Å². The number of rotatable bonds is 3. The molecule has 0 aliphatic carbocycles. The van der Waals surface area contributed by atoms with Crippen LogP contribution in [0.3, 0.4) is 0 Å². The number of nitrogens with zero attached hydrogens (tertiary/aromatic N) is 2. The average Bonchev–Trinajstić information content (AvgIpc) is 2.82. The van der Waals surface area contributed by atoms with Gasteiger partial charge in [0.1, 0.15) is 0 Å². The van der Waals surface area contributed by atoms with Crippen LogP contribution in [0.25, 0.3) is 0 Å². The number of carbonyl (C=O) groups excluding carboxylic acids is 1. The van der Waals surface area contributed by atoms with Crippen LogP contribution in [-0.4, -0.2) is 40.0 Å². The highest BCUT2D eigenvalue weighted by atomic mass is 32.2. The number of fused-ring (bicyclic) bond motifs is 3. The Morgan fingerprint density at radius 3 is 2.71 bits per heavy atom. The lowest BCUT2D eigenvalue weighted by Gasteiger charge is -2.36. The van der Waals surface area contributed by atoms with Gasteiger partial charge in [-0.1, -0.05) is 0 Å². The van der Waals surface area contributed by atoms with E-state index in [1.807, 2.05) is 12.1 Å². The predicted molar refractivity (Wildman–Crippen MR) is 106 cm³/mol. The molecule has 3 N–H and O–H groups in total. The molecule has 1 atom stereocenters. The molecule has 0 spiro atoms. The SMILES string of the molecule is N#Cc1ccc(S(=O)(=O)Nc2ccc3c(c2)NC(=O)CC2CNCCN32)cc1. The summed E-state index contributed by atoms with van der Waals surface area (Å²) in [5, 5.41) is 15.0. The van der Waals surface area contributed by atoms with Crippen LogP contribution in [0.4, 0.5) is 17.1 Å². The number of sulfonamides is 1. The van der Waals surface area contributed by atoms with E-state index in [-0.39, 0.29) is 16.8 Å². The van der Waals surface area contributed by atoms with E-state index in [0.29, 0.717) is 23.4 Å². The monoisotopic (exact) mass is 397 g/mol. The number of benzene rings is 2. The van der Waals surface area contributed by atoms with Crippen LogP contribution in [-0.2, 0) is 14.8 Å². The Kier molecular flexibility index (Phi) is 4.66. The van der Waals surface area contributed by atoms with Gasteiger partial charge in [0.15, 0.2) is 0 Å². The van der Waals surface area contributed by atoms with Gasteiger partial charge in [-0.05, 0) is 42.5 Å². The molecule has 1 amide bonds. The van der Waals surface area contributed by atoms with Crippen molar-refractivity contribution in [2.75, 3.05) is 34.6 Å². The van der Waals surface area contributed by atoms with Crippen molar-refractivity contribution in [3.05, 3.63) is 48.0 Å². The fourth-order valence-electron chi connectivity index (χ4n) is 3.55. The van der Waals surface area contributed by atoms with Gasteiger partial charge < -0.3 is 15.5 Å². The molecular formula is C19H19N5O3S. The minimum atomic E-state index is -3.81.